The Labute approximate surface area is 107 Å². The molecule has 0 bridgehead atoms. The molecule has 0 spiro atoms. The molecule has 0 fully saturated rings. The van der Waals surface area contributed by atoms with E-state index in [1.165, 1.54) is 11.8 Å². The summed E-state index contributed by atoms with van der Waals surface area (Å²) < 4.78 is 0. The lowest BCUT2D eigenvalue weighted by molar-refractivity contribution is 0.183. The van der Waals surface area contributed by atoms with Gasteiger partial charge in [0.1, 0.15) is 0 Å². The Balaban J connectivity index is 2.28. The first-order valence-electron chi connectivity index (χ1n) is 5.71. The second kappa shape index (κ2) is 6.33. The van der Waals surface area contributed by atoms with E-state index >= 15 is 0 Å². The van der Waals surface area contributed by atoms with Gasteiger partial charge in [-0.2, -0.15) is 0 Å². The number of aliphatic hydroxyl groups excluding tert-OH is 1. The second-order valence-electron chi connectivity index (χ2n) is 5.14. The number of hydrogen-bond acceptors (Lipinski definition) is 5. The van der Waals surface area contributed by atoms with Crippen LogP contribution in [0.2, 0.25) is 0 Å². The average molecular weight is 255 g/mol. The Morgan fingerprint density at radius 1 is 1.35 bits per heavy atom. The van der Waals surface area contributed by atoms with Crippen LogP contribution >= 0.6 is 11.8 Å². The lowest BCUT2D eigenvalue weighted by Crippen LogP contribution is -2.41. The van der Waals surface area contributed by atoms with Crippen LogP contribution in [0, 0.1) is 6.92 Å². The molecule has 0 aliphatic carbocycles. The van der Waals surface area contributed by atoms with Crippen LogP contribution < -0.4 is 5.32 Å². The fraction of sp³-hybridized carbons (Fsp3) is 0.667. The first-order chi connectivity index (χ1) is 7.87. The van der Waals surface area contributed by atoms with Crippen molar-refractivity contribution in [3.05, 3.63) is 18.0 Å². The number of nitrogens with one attached hydrogen (secondary N) is 1. The van der Waals surface area contributed by atoms with Crippen molar-refractivity contribution in [1.82, 2.24) is 15.3 Å². The van der Waals surface area contributed by atoms with Crippen LogP contribution in [0.5, 0.6) is 0 Å². The lowest BCUT2D eigenvalue weighted by Gasteiger charge is -2.22. The molecule has 5 heteroatoms. The summed E-state index contributed by atoms with van der Waals surface area (Å²) in [5.41, 5.74) is 1.08. The van der Waals surface area contributed by atoms with Gasteiger partial charge in [0.15, 0.2) is 5.16 Å². The minimum absolute atomic E-state index is 0.0337. The van der Waals surface area contributed by atoms with Crippen molar-refractivity contribution in [3.63, 3.8) is 0 Å². The molecule has 4 nitrogen and oxygen atoms in total. The lowest BCUT2D eigenvalue weighted by atomic mass is 10.1. The largest absolute Gasteiger partial charge is 0.391 e. The monoisotopic (exact) mass is 255 g/mol. The van der Waals surface area contributed by atoms with E-state index in [1.807, 2.05) is 6.92 Å². The SMILES string of the molecule is Cc1cnc(SCC(O)CNC(C)(C)C)nc1. The number of thioether (sulfide) groups is 1. The molecule has 0 aromatic carbocycles. The molecule has 0 aliphatic heterocycles. The van der Waals surface area contributed by atoms with Crippen LogP contribution in [0.3, 0.4) is 0 Å². The van der Waals surface area contributed by atoms with Gasteiger partial charge in [0.25, 0.3) is 0 Å². The van der Waals surface area contributed by atoms with Crippen LogP contribution in [0.1, 0.15) is 26.3 Å². The van der Waals surface area contributed by atoms with Crippen molar-refractivity contribution in [2.45, 2.75) is 44.5 Å². The van der Waals surface area contributed by atoms with Gasteiger partial charge in [-0.05, 0) is 33.3 Å². The average Bonchev–Trinajstić information content (AvgIpc) is 2.25. The zero-order chi connectivity index (χ0) is 12.9. The molecule has 1 aromatic rings. The normalized spacial score (nSPS) is 13.7. The van der Waals surface area contributed by atoms with E-state index in [1.54, 1.807) is 12.4 Å². The van der Waals surface area contributed by atoms with Crippen LogP contribution in [0.25, 0.3) is 0 Å². The Morgan fingerprint density at radius 3 is 2.47 bits per heavy atom. The zero-order valence-corrected chi connectivity index (χ0v) is 11.7. The highest BCUT2D eigenvalue weighted by atomic mass is 32.2. The Bertz CT molecular complexity index is 335. The summed E-state index contributed by atoms with van der Waals surface area (Å²) in [6.45, 7) is 8.78. The maximum absolute atomic E-state index is 9.79. The fourth-order valence-corrected chi connectivity index (χ4v) is 1.82. The van der Waals surface area contributed by atoms with Gasteiger partial charge in [0.2, 0.25) is 0 Å². The number of nitrogens with zero attached hydrogens (tertiary/aromatic N) is 2. The Morgan fingerprint density at radius 2 is 1.94 bits per heavy atom. The smallest absolute Gasteiger partial charge is 0.187 e. The summed E-state index contributed by atoms with van der Waals surface area (Å²) in [5.74, 6) is 0.603. The molecule has 1 atom stereocenters. The Kier molecular flexibility index (Phi) is 5.36. The minimum atomic E-state index is -0.385. The zero-order valence-electron chi connectivity index (χ0n) is 10.9. The molecular formula is C12H21N3OS. The number of aromatic nitrogens is 2. The van der Waals surface area contributed by atoms with E-state index in [-0.39, 0.29) is 11.6 Å². The molecule has 1 heterocycles. The first kappa shape index (κ1) is 14.4. The third-order valence-corrected chi connectivity index (χ3v) is 3.05. The molecule has 0 radical (unpaired) electrons. The van der Waals surface area contributed by atoms with Gasteiger partial charge >= 0.3 is 0 Å². The van der Waals surface area contributed by atoms with E-state index in [2.05, 4.69) is 36.1 Å². The van der Waals surface area contributed by atoms with Crippen molar-refractivity contribution < 1.29 is 5.11 Å². The van der Waals surface area contributed by atoms with Gasteiger partial charge in [0, 0.05) is 30.2 Å². The molecule has 0 amide bonds. The maximum atomic E-state index is 9.79. The molecule has 0 saturated heterocycles. The first-order valence-corrected chi connectivity index (χ1v) is 6.70. The topological polar surface area (TPSA) is 58.0 Å². The van der Waals surface area contributed by atoms with Gasteiger partial charge in [0.05, 0.1) is 6.10 Å². The molecule has 96 valence electrons. The van der Waals surface area contributed by atoms with Gasteiger partial charge < -0.3 is 10.4 Å². The third-order valence-electron chi connectivity index (χ3n) is 2.03. The highest BCUT2D eigenvalue weighted by Crippen LogP contribution is 2.13. The van der Waals surface area contributed by atoms with Gasteiger partial charge in [-0.3, -0.25) is 0 Å². The third kappa shape index (κ3) is 6.61. The van der Waals surface area contributed by atoms with Crippen LogP contribution in [-0.4, -0.2) is 39.0 Å². The van der Waals surface area contributed by atoms with Gasteiger partial charge in [-0.1, -0.05) is 11.8 Å². The summed E-state index contributed by atoms with van der Waals surface area (Å²) in [6, 6.07) is 0. The fourth-order valence-electron chi connectivity index (χ4n) is 1.11. The van der Waals surface area contributed by atoms with E-state index in [0.717, 1.165) is 5.56 Å². The van der Waals surface area contributed by atoms with Crippen molar-refractivity contribution in [2.75, 3.05) is 12.3 Å². The summed E-state index contributed by atoms with van der Waals surface area (Å²) in [4.78, 5) is 8.36. The summed E-state index contributed by atoms with van der Waals surface area (Å²) in [7, 11) is 0. The van der Waals surface area contributed by atoms with E-state index in [4.69, 9.17) is 0 Å². The van der Waals surface area contributed by atoms with E-state index in [0.29, 0.717) is 17.5 Å². The number of aliphatic hydroxyl groups is 1. The summed E-state index contributed by atoms with van der Waals surface area (Å²) >= 11 is 1.48. The number of β-amino-alcohol motifs (C(OH)–C–C–N with tert-alkyl or cyclic N) is 1. The van der Waals surface area contributed by atoms with Crippen molar-refractivity contribution in [3.8, 4) is 0 Å². The van der Waals surface area contributed by atoms with Crippen LogP contribution in [0.15, 0.2) is 17.6 Å². The Hall–Kier alpha value is -0.650. The predicted octanol–water partition coefficient (Wildman–Crippen LogP) is 1.63. The number of aryl methyl sites for hydroxylation is 1. The number of hydrogen-bond donors (Lipinski definition) is 2. The molecule has 1 aromatic heterocycles. The highest BCUT2D eigenvalue weighted by molar-refractivity contribution is 7.99. The summed E-state index contributed by atoms with van der Waals surface area (Å²) in [5, 5.41) is 13.8. The molecule has 17 heavy (non-hydrogen) atoms. The van der Waals surface area contributed by atoms with Crippen LogP contribution in [-0.2, 0) is 0 Å². The molecule has 1 unspecified atom stereocenters. The van der Waals surface area contributed by atoms with E-state index < -0.39 is 0 Å². The standard InChI is InChI=1S/C12H21N3OS/c1-9-5-13-11(14-6-9)17-8-10(16)7-15-12(2,3)4/h5-6,10,15-16H,7-8H2,1-4H3. The molecular weight excluding hydrogens is 234 g/mol. The quantitative estimate of drug-likeness (QED) is 0.618. The molecule has 0 saturated carbocycles. The molecule has 2 N–H and O–H groups in total. The van der Waals surface area contributed by atoms with Crippen molar-refractivity contribution in [1.29, 1.82) is 0 Å². The molecule has 0 aliphatic rings. The van der Waals surface area contributed by atoms with Crippen molar-refractivity contribution in [2.24, 2.45) is 0 Å². The number of rotatable bonds is 5. The predicted molar refractivity (Wildman–Crippen MR) is 71.3 cm³/mol. The van der Waals surface area contributed by atoms with E-state index in [9.17, 15) is 5.11 Å². The molecule has 1 rings (SSSR count). The maximum Gasteiger partial charge on any atom is 0.187 e. The summed E-state index contributed by atoms with van der Waals surface area (Å²) in [6.07, 6.45) is 3.19. The van der Waals surface area contributed by atoms with Crippen LogP contribution in [0.4, 0.5) is 0 Å². The van der Waals surface area contributed by atoms with Gasteiger partial charge in [-0.25, -0.2) is 9.97 Å². The highest BCUT2D eigenvalue weighted by Gasteiger charge is 2.12. The minimum Gasteiger partial charge on any atom is -0.391 e. The second-order valence-corrected chi connectivity index (χ2v) is 6.13. The van der Waals surface area contributed by atoms with Gasteiger partial charge in [-0.15, -0.1) is 0 Å². The van der Waals surface area contributed by atoms with Crippen molar-refractivity contribution >= 4 is 11.8 Å².